The van der Waals surface area contributed by atoms with Crippen molar-refractivity contribution in [3.8, 4) is 0 Å². The molecule has 0 unspecified atom stereocenters. The van der Waals surface area contributed by atoms with E-state index in [1.807, 2.05) is 13.8 Å². The van der Waals surface area contributed by atoms with E-state index in [2.05, 4.69) is 0 Å². The Hall–Kier alpha value is -2.61. The third kappa shape index (κ3) is 7.45. The molecule has 0 bridgehead atoms. The van der Waals surface area contributed by atoms with Gasteiger partial charge in [0.15, 0.2) is 0 Å². The van der Waals surface area contributed by atoms with E-state index in [9.17, 15) is 29.8 Å². The number of hydrogen-bond donors (Lipinski definition) is 1. The predicted molar refractivity (Wildman–Crippen MR) is 132 cm³/mol. The topological polar surface area (TPSA) is 141 Å². The highest BCUT2D eigenvalue weighted by atomic mass is 32.2. The van der Waals surface area contributed by atoms with E-state index in [0.717, 1.165) is 11.1 Å². The Kier molecular flexibility index (Phi) is 8.70. The summed E-state index contributed by atoms with van der Waals surface area (Å²) in [6.07, 6.45) is -0.0645. The number of benzene rings is 3. The third-order valence-corrected chi connectivity index (χ3v) is 8.86. The van der Waals surface area contributed by atoms with Crippen LogP contribution in [0.15, 0.2) is 81.4 Å². The Labute approximate surface area is 211 Å². The lowest BCUT2D eigenvalue weighted by molar-refractivity contribution is 0.319. The maximum Gasteiger partial charge on any atom is 0.296 e. The van der Waals surface area contributed by atoms with E-state index >= 15 is 0 Å². The highest BCUT2D eigenvalue weighted by Crippen LogP contribution is 2.21. The fraction of sp³-hybridized carbons (Fsp3) is 0.250. The predicted octanol–water partition coefficient (Wildman–Crippen LogP) is 3.45. The molecule has 0 heterocycles. The Morgan fingerprint density at radius 2 is 1.08 bits per heavy atom. The molecule has 0 aliphatic carbocycles. The molecule has 0 aromatic heterocycles. The summed E-state index contributed by atoms with van der Waals surface area (Å²) in [5.74, 6) is 0. The van der Waals surface area contributed by atoms with Crippen molar-refractivity contribution >= 4 is 30.4 Å². The number of rotatable bonds is 11. The summed E-state index contributed by atoms with van der Waals surface area (Å²) in [4.78, 5) is -0.445. The second-order valence-corrected chi connectivity index (χ2v) is 12.7. The molecule has 3 aromatic rings. The summed E-state index contributed by atoms with van der Waals surface area (Å²) in [5, 5.41) is 0. The van der Waals surface area contributed by atoms with Crippen molar-refractivity contribution in [2.45, 2.75) is 41.4 Å². The van der Waals surface area contributed by atoms with Gasteiger partial charge in [-0.3, -0.25) is 12.9 Å². The highest BCUT2D eigenvalue weighted by molar-refractivity contribution is 7.87. The van der Waals surface area contributed by atoms with E-state index < -0.39 is 35.2 Å². The summed E-state index contributed by atoms with van der Waals surface area (Å²) in [5.41, 5.74) is 2.32. The lowest BCUT2D eigenvalue weighted by Crippen LogP contribution is -2.12. The fourth-order valence-electron chi connectivity index (χ4n) is 3.28. The minimum Gasteiger partial charge on any atom is -0.282 e. The summed E-state index contributed by atoms with van der Waals surface area (Å²) in [6.45, 7) is 3.03. The maximum absolute atomic E-state index is 12.3. The van der Waals surface area contributed by atoms with Crippen LogP contribution < -0.4 is 0 Å². The van der Waals surface area contributed by atoms with E-state index in [4.69, 9.17) is 8.37 Å². The SMILES string of the molecule is Cc1ccc(S(=O)(=O)OCCc2ccc(CCOS(=O)(=O)c3ccc(C)cc3)c(S(=O)(=O)O)c2)cc1. The molecule has 3 rings (SSSR count). The molecule has 36 heavy (non-hydrogen) atoms. The van der Waals surface area contributed by atoms with Gasteiger partial charge in [-0.25, -0.2) is 0 Å². The minimum atomic E-state index is -4.64. The average Bonchev–Trinajstić information content (AvgIpc) is 2.79. The lowest BCUT2D eigenvalue weighted by atomic mass is 10.1. The van der Waals surface area contributed by atoms with Crippen LogP contribution in [0.5, 0.6) is 0 Å². The standard InChI is InChI=1S/C24H26O9S3/c1-18-3-9-22(10-4-18)35(28,29)32-15-13-20-7-8-21(24(17-20)34(25,26)27)14-16-33-36(30,31)23-11-5-19(2)6-12-23/h3-12,17H,13-16H2,1-2H3,(H,25,26,27). The fourth-order valence-corrected chi connectivity index (χ4v) is 5.90. The first kappa shape index (κ1) is 28.0. The van der Waals surface area contributed by atoms with Crippen LogP contribution in [0.1, 0.15) is 22.3 Å². The molecule has 0 saturated heterocycles. The normalized spacial score (nSPS) is 12.5. The molecule has 9 nitrogen and oxygen atoms in total. The van der Waals surface area contributed by atoms with Crippen molar-refractivity contribution in [1.29, 1.82) is 0 Å². The zero-order valence-electron chi connectivity index (χ0n) is 19.6. The molecule has 0 radical (unpaired) electrons. The Morgan fingerprint density at radius 1 is 0.639 bits per heavy atom. The summed E-state index contributed by atoms with van der Waals surface area (Å²) in [6, 6.07) is 16.4. The largest absolute Gasteiger partial charge is 0.296 e. The molecule has 0 atom stereocenters. The monoisotopic (exact) mass is 554 g/mol. The molecular weight excluding hydrogens is 528 g/mol. The molecule has 12 heteroatoms. The van der Waals surface area contributed by atoms with Gasteiger partial charge in [0.05, 0.1) is 27.9 Å². The third-order valence-electron chi connectivity index (χ3n) is 5.27. The van der Waals surface area contributed by atoms with Crippen LogP contribution in [-0.4, -0.2) is 43.0 Å². The molecule has 194 valence electrons. The summed E-state index contributed by atoms with van der Waals surface area (Å²) < 4.78 is 92.9. The number of aryl methyl sites for hydroxylation is 2. The molecule has 1 N–H and O–H groups in total. The molecule has 3 aromatic carbocycles. The van der Waals surface area contributed by atoms with Gasteiger partial charge in [0, 0.05) is 0 Å². The smallest absolute Gasteiger partial charge is 0.282 e. The molecule has 0 saturated carbocycles. The van der Waals surface area contributed by atoms with Crippen LogP contribution in [0, 0.1) is 13.8 Å². The van der Waals surface area contributed by atoms with Gasteiger partial charge >= 0.3 is 0 Å². The Balaban J connectivity index is 1.67. The van der Waals surface area contributed by atoms with Crippen LogP contribution in [0.4, 0.5) is 0 Å². The van der Waals surface area contributed by atoms with Crippen molar-refractivity contribution in [2.24, 2.45) is 0 Å². The van der Waals surface area contributed by atoms with E-state index in [1.165, 1.54) is 36.4 Å². The molecular formula is C24H26O9S3. The van der Waals surface area contributed by atoms with Gasteiger partial charge in [0.1, 0.15) is 0 Å². The molecule has 0 fully saturated rings. The van der Waals surface area contributed by atoms with Gasteiger partial charge in [0.2, 0.25) is 0 Å². The number of hydrogen-bond acceptors (Lipinski definition) is 8. The quantitative estimate of drug-likeness (QED) is 0.279. The second kappa shape index (κ2) is 11.2. The minimum absolute atomic E-state index is 0.00247. The van der Waals surface area contributed by atoms with Crippen LogP contribution in [0.25, 0.3) is 0 Å². The van der Waals surface area contributed by atoms with Gasteiger partial charge in [-0.1, -0.05) is 47.5 Å². The van der Waals surface area contributed by atoms with Gasteiger partial charge in [-0.2, -0.15) is 25.3 Å². The Bertz CT molecular complexity index is 1530. The lowest BCUT2D eigenvalue weighted by Gasteiger charge is -2.11. The van der Waals surface area contributed by atoms with Gasteiger partial charge in [0.25, 0.3) is 30.4 Å². The van der Waals surface area contributed by atoms with Crippen molar-refractivity contribution in [3.63, 3.8) is 0 Å². The van der Waals surface area contributed by atoms with Gasteiger partial charge in [-0.15, -0.1) is 0 Å². The van der Waals surface area contributed by atoms with E-state index in [1.54, 1.807) is 30.3 Å². The summed E-state index contributed by atoms with van der Waals surface area (Å²) >= 11 is 0. The maximum atomic E-state index is 12.3. The average molecular weight is 555 g/mol. The molecule has 0 aliphatic heterocycles. The van der Waals surface area contributed by atoms with Crippen molar-refractivity contribution in [3.05, 3.63) is 89.0 Å². The van der Waals surface area contributed by atoms with Crippen LogP contribution >= 0.6 is 0 Å². The van der Waals surface area contributed by atoms with Gasteiger partial charge in [-0.05, 0) is 68.1 Å². The van der Waals surface area contributed by atoms with Crippen LogP contribution in [-0.2, 0) is 51.6 Å². The zero-order valence-corrected chi connectivity index (χ0v) is 22.1. The first-order valence-corrected chi connectivity index (χ1v) is 15.1. The summed E-state index contributed by atoms with van der Waals surface area (Å²) in [7, 11) is -12.7. The highest BCUT2D eigenvalue weighted by Gasteiger charge is 2.20. The molecule has 0 amide bonds. The van der Waals surface area contributed by atoms with Crippen LogP contribution in [0.3, 0.4) is 0 Å². The Morgan fingerprint density at radius 3 is 1.53 bits per heavy atom. The van der Waals surface area contributed by atoms with Crippen molar-refractivity contribution in [1.82, 2.24) is 0 Å². The van der Waals surface area contributed by atoms with Crippen molar-refractivity contribution < 1.29 is 38.2 Å². The van der Waals surface area contributed by atoms with E-state index in [0.29, 0.717) is 5.56 Å². The van der Waals surface area contributed by atoms with Gasteiger partial charge < -0.3 is 0 Å². The second-order valence-electron chi connectivity index (χ2n) is 8.10. The zero-order chi connectivity index (χ0) is 26.6. The van der Waals surface area contributed by atoms with E-state index in [-0.39, 0.29) is 41.4 Å². The molecule has 0 aliphatic rings. The van der Waals surface area contributed by atoms with Crippen LogP contribution in [0.2, 0.25) is 0 Å². The molecule has 0 spiro atoms. The first-order valence-electron chi connectivity index (χ1n) is 10.8. The first-order chi connectivity index (χ1) is 16.8. The van der Waals surface area contributed by atoms with Crippen molar-refractivity contribution in [2.75, 3.05) is 13.2 Å².